The van der Waals surface area contributed by atoms with Gasteiger partial charge in [0, 0.05) is 6.54 Å². The Kier molecular flexibility index (Phi) is 6.74. The number of hydrogen-bond donors (Lipinski definition) is 1. The lowest BCUT2D eigenvalue weighted by molar-refractivity contribution is 0.587. The van der Waals surface area contributed by atoms with E-state index in [2.05, 4.69) is 21.2 Å². The molecule has 0 spiro atoms. The molecule has 2 rings (SSSR count). The van der Waals surface area contributed by atoms with Crippen molar-refractivity contribution in [3.05, 3.63) is 69.9 Å². The molecule has 0 aromatic heterocycles. The van der Waals surface area contributed by atoms with Gasteiger partial charge in [0.05, 0.1) is 16.0 Å². The summed E-state index contributed by atoms with van der Waals surface area (Å²) in [6.07, 6.45) is 0.553. The molecular formula is C17H19BrFNO2S. The molecule has 2 aromatic carbocycles. The molecule has 6 heteroatoms. The van der Waals surface area contributed by atoms with Crippen LogP contribution in [-0.4, -0.2) is 20.7 Å². The van der Waals surface area contributed by atoms with Crippen LogP contribution in [0.1, 0.15) is 17.5 Å². The number of nitrogens with one attached hydrogen (secondary N) is 1. The van der Waals surface area contributed by atoms with Crippen LogP contribution < -0.4 is 5.32 Å². The summed E-state index contributed by atoms with van der Waals surface area (Å²) < 4.78 is 37.6. The first-order chi connectivity index (χ1) is 11.0. The lowest BCUT2D eigenvalue weighted by Crippen LogP contribution is -2.19. The predicted molar refractivity (Wildman–Crippen MR) is 94.4 cm³/mol. The zero-order valence-electron chi connectivity index (χ0n) is 12.6. The smallest absolute Gasteiger partial charge is 0.154 e. The summed E-state index contributed by atoms with van der Waals surface area (Å²) in [6, 6.07) is 14.0. The maximum absolute atomic E-state index is 13.1. The Hall–Kier alpha value is -1.24. The molecule has 0 aliphatic carbocycles. The quantitative estimate of drug-likeness (QED) is 0.688. The van der Waals surface area contributed by atoms with Crippen LogP contribution in [0.5, 0.6) is 0 Å². The predicted octanol–water partition coefficient (Wildman–Crippen LogP) is 3.68. The zero-order valence-corrected chi connectivity index (χ0v) is 15.0. The van der Waals surface area contributed by atoms with Crippen LogP contribution in [0.25, 0.3) is 0 Å². The second kappa shape index (κ2) is 8.57. The molecule has 0 aliphatic heterocycles. The minimum absolute atomic E-state index is 0.0821. The van der Waals surface area contributed by atoms with Gasteiger partial charge in [-0.2, -0.15) is 0 Å². The molecule has 23 heavy (non-hydrogen) atoms. The summed E-state index contributed by atoms with van der Waals surface area (Å²) in [5, 5.41) is 3.18. The lowest BCUT2D eigenvalue weighted by Gasteiger charge is -2.07. The maximum Gasteiger partial charge on any atom is 0.154 e. The van der Waals surface area contributed by atoms with E-state index >= 15 is 0 Å². The Morgan fingerprint density at radius 1 is 1.04 bits per heavy atom. The molecule has 3 nitrogen and oxygen atoms in total. The molecule has 0 unspecified atom stereocenters. The molecule has 0 aliphatic rings. The molecule has 0 heterocycles. The highest BCUT2D eigenvalue weighted by Gasteiger charge is 2.11. The summed E-state index contributed by atoms with van der Waals surface area (Å²) in [6.45, 7) is 1.18. The van der Waals surface area contributed by atoms with Crippen LogP contribution in [0, 0.1) is 5.82 Å². The molecule has 0 bridgehead atoms. The van der Waals surface area contributed by atoms with Gasteiger partial charge >= 0.3 is 0 Å². The van der Waals surface area contributed by atoms with Crippen molar-refractivity contribution in [2.45, 2.75) is 18.7 Å². The van der Waals surface area contributed by atoms with E-state index in [1.54, 1.807) is 12.1 Å². The first-order valence-corrected chi connectivity index (χ1v) is 9.97. The molecule has 0 fully saturated rings. The number of sulfone groups is 1. The summed E-state index contributed by atoms with van der Waals surface area (Å²) in [4.78, 5) is 0. The molecule has 0 saturated heterocycles. The monoisotopic (exact) mass is 399 g/mol. The third-order valence-corrected chi connectivity index (χ3v) is 5.64. The Morgan fingerprint density at radius 2 is 1.78 bits per heavy atom. The zero-order chi connectivity index (χ0) is 16.7. The van der Waals surface area contributed by atoms with Crippen LogP contribution in [-0.2, 0) is 22.1 Å². The summed E-state index contributed by atoms with van der Waals surface area (Å²) >= 11 is 3.14. The van der Waals surface area contributed by atoms with E-state index in [1.165, 1.54) is 6.07 Å². The molecular weight excluding hydrogens is 381 g/mol. The van der Waals surface area contributed by atoms with E-state index in [0.717, 1.165) is 11.1 Å². The topological polar surface area (TPSA) is 46.2 Å². The maximum atomic E-state index is 13.1. The third-order valence-electron chi connectivity index (χ3n) is 3.35. The Labute approximate surface area is 145 Å². The highest BCUT2D eigenvalue weighted by molar-refractivity contribution is 9.10. The van der Waals surface area contributed by atoms with Crippen LogP contribution in [0.15, 0.2) is 53.0 Å². The summed E-state index contributed by atoms with van der Waals surface area (Å²) in [7, 11) is -3.09. The van der Waals surface area contributed by atoms with E-state index in [0.29, 0.717) is 24.0 Å². The molecule has 2 aromatic rings. The fraction of sp³-hybridized carbons (Fsp3) is 0.294. The van der Waals surface area contributed by atoms with Crippen LogP contribution in [0.4, 0.5) is 4.39 Å². The second-order valence-electron chi connectivity index (χ2n) is 5.36. The average Bonchev–Trinajstić information content (AvgIpc) is 2.51. The lowest BCUT2D eigenvalue weighted by atomic mass is 10.2. The van der Waals surface area contributed by atoms with Gasteiger partial charge in [-0.25, -0.2) is 12.8 Å². The highest BCUT2D eigenvalue weighted by Crippen LogP contribution is 2.16. The summed E-state index contributed by atoms with van der Waals surface area (Å²) in [5.41, 5.74) is 1.77. The standard InChI is InChI=1S/C17H19BrFNO2S/c18-16-11-15(7-8-17(16)19)12-20-9-4-10-23(21,22)13-14-5-2-1-3-6-14/h1-3,5-8,11,20H,4,9-10,12-13H2. The van der Waals surface area contributed by atoms with Gasteiger partial charge in [0.2, 0.25) is 0 Å². The van der Waals surface area contributed by atoms with Gasteiger partial charge in [-0.15, -0.1) is 0 Å². The van der Waals surface area contributed by atoms with Crippen LogP contribution in [0.3, 0.4) is 0 Å². The SMILES string of the molecule is O=S(=O)(CCCNCc1ccc(F)c(Br)c1)Cc1ccccc1. The number of hydrogen-bond acceptors (Lipinski definition) is 3. The van der Waals surface area contributed by atoms with E-state index < -0.39 is 9.84 Å². The molecule has 1 N–H and O–H groups in total. The van der Waals surface area contributed by atoms with Gasteiger partial charge in [-0.05, 0) is 52.2 Å². The van der Waals surface area contributed by atoms with Crippen molar-refractivity contribution in [2.75, 3.05) is 12.3 Å². The molecule has 0 saturated carbocycles. The van der Waals surface area contributed by atoms with Crippen LogP contribution >= 0.6 is 15.9 Å². The summed E-state index contributed by atoms with van der Waals surface area (Å²) in [5.74, 6) is -0.0541. The fourth-order valence-corrected chi connectivity index (χ4v) is 4.05. The van der Waals surface area contributed by atoms with Crippen molar-refractivity contribution in [1.29, 1.82) is 0 Å². The van der Waals surface area contributed by atoms with Crippen molar-refractivity contribution in [1.82, 2.24) is 5.32 Å². The Balaban J connectivity index is 1.71. The Morgan fingerprint density at radius 3 is 2.48 bits per heavy atom. The van der Waals surface area contributed by atoms with Gasteiger partial charge in [0.15, 0.2) is 9.84 Å². The first kappa shape index (κ1) is 18.1. The molecule has 124 valence electrons. The van der Waals surface area contributed by atoms with Gasteiger partial charge in [0.25, 0.3) is 0 Å². The number of benzene rings is 2. The number of rotatable bonds is 8. The molecule has 0 radical (unpaired) electrons. The van der Waals surface area contributed by atoms with Crippen molar-refractivity contribution in [3.8, 4) is 0 Å². The minimum Gasteiger partial charge on any atom is -0.313 e. The van der Waals surface area contributed by atoms with Gasteiger partial charge in [-0.3, -0.25) is 0 Å². The first-order valence-electron chi connectivity index (χ1n) is 7.35. The third kappa shape index (κ3) is 6.41. The van der Waals surface area contributed by atoms with Crippen molar-refractivity contribution < 1.29 is 12.8 Å². The molecule has 0 amide bonds. The van der Waals surface area contributed by atoms with E-state index in [1.807, 2.05) is 30.3 Å². The van der Waals surface area contributed by atoms with Gasteiger partial charge in [-0.1, -0.05) is 36.4 Å². The number of halogens is 2. The van der Waals surface area contributed by atoms with Gasteiger partial charge < -0.3 is 5.32 Å². The normalized spacial score (nSPS) is 11.6. The van der Waals surface area contributed by atoms with E-state index in [4.69, 9.17) is 0 Å². The van der Waals surface area contributed by atoms with Crippen LogP contribution in [0.2, 0.25) is 0 Å². The minimum atomic E-state index is -3.09. The van der Waals surface area contributed by atoms with Gasteiger partial charge in [0.1, 0.15) is 5.82 Å². The Bertz CT molecular complexity index is 736. The van der Waals surface area contributed by atoms with Crippen molar-refractivity contribution >= 4 is 25.8 Å². The second-order valence-corrected chi connectivity index (χ2v) is 8.39. The molecule has 0 atom stereocenters. The largest absolute Gasteiger partial charge is 0.313 e. The van der Waals surface area contributed by atoms with E-state index in [-0.39, 0.29) is 17.3 Å². The van der Waals surface area contributed by atoms with E-state index in [9.17, 15) is 12.8 Å². The van der Waals surface area contributed by atoms with Crippen molar-refractivity contribution in [3.63, 3.8) is 0 Å². The van der Waals surface area contributed by atoms with Crippen molar-refractivity contribution in [2.24, 2.45) is 0 Å². The average molecular weight is 400 g/mol. The fourth-order valence-electron chi connectivity index (χ4n) is 2.20. The highest BCUT2D eigenvalue weighted by atomic mass is 79.9.